The number of hydrogen-bond acceptors (Lipinski definition) is 4. The van der Waals surface area contributed by atoms with Gasteiger partial charge in [0.1, 0.15) is 5.82 Å². The Kier molecular flexibility index (Phi) is 4.85. The van der Waals surface area contributed by atoms with E-state index >= 15 is 0 Å². The van der Waals surface area contributed by atoms with Crippen LogP contribution in [0.2, 0.25) is 0 Å². The van der Waals surface area contributed by atoms with Crippen LogP contribution >= 0.6 is 27.3 Å². The number of thiazole rings is 1. The lowest BCUT2D eigenvalue weighted by atomic mass is 9.97. The van der Waals surface area contributed by atoms with Gasteiger partial charge in [-0.25, -0.2) is 9.37 Å². The molecule has 2 heterocycles. The van der Waals surface area contributed by atoms with E-state index in [2.05, 4.69) is 31.5 Å². The van der Waals surface area contributed by atoms with Crippen molar-refractivity contribution in [2.24, 2.45) is 0 Å². The zero-order valence-corrected chi connectivity index (χ0v) is 14.1. The minimum Gasteiger partial charge on any atom is -0.317 e. The SMILES string of the molecule is O=C(Nc1ncc(C2CCNCC2)s1)c1ccc(F)c(Br)c1. The fourth-order valence-electron chi connectivity index (χ4n) is 2.45. The van der Waals surface area contributed by atoms with Gasteiger partial charge in [0.25, 0.3) is 5.91 Å². The molecule has 0 saturated carbocycles. The molecule has 7 heteroatoms. The average Bonchev–Trinajstić information content (AvgIpc) is 2.99. The number of carbonyl (C=O) groups excluding carboxylic acids is 1. The van der Waals surface area contributed by atoms with Crippen molar-refractivity contribution in [2.75, 3.05) is 18.4 Å². The second kappa shape index (κ2) is 6.85. The van der Waals surface area contributed by atoms with E-state index in [-0.39, 0.29) is 16.2 Å². The molecule has 1 saturated heterocycles. The fraction of sp³-hybridized carbons (Fsp3) is 0.333. The lowest BCUT2D eigenvalue weighted by molar-refractivity contribution is 0.102. The summed E-state index contributed by atoms with van der Waals surface area (Å²) in [6.45, 7) is 2.04. The molecule has 0 radical (unpaired) electrons. The lowest BCUT2D eigenvalue weighted by Crippen LogP contribution is -2.26. The van der Waals surface area contributed by atoms with Crippen LogP contribution in [0.4, 0.5) is 9.52 Å². The summed E-state index contributed by atoms with van der Waals surface area (Å²) in [5.41, 5.74) is 0.395. The van der Waals surface area contributed by atoms with Crippen molar-refractivity contribution >= 4 is 38.3 Å². The van der Waals surface area contributed by atoms with Crippen LogP contribution in [-0.4, -0.2) is 24.0 Å². The summed E-state index contributed by atoms with van der Waals surface area (Å²) in [6, 6.07) is 4.18. The monoisotopic (exact) mass is 383 g/mol. The van der Waals surface area contributed by atoms with Gasteiger partial charge in [-0.2, -0.15) is 0 Å². The molecule has 0 bridgehead atoms. The van der Waals surface area contributed by atoms with Gasteiger partial charge in [-0.3, -0.25) is 10.1 Å². The molecule has 0 aliphatic carbocycles. The largest absolute Gasteiger partial charge is 0.317 e. The molecular formula is C15H15BrFN3OS. The molecule has 1 aliphatic heterocycles. The van der Waals surface area contributed by atoms with Gasteiger partial charge in [0.2, 0.25) is 0 Å². The Labute approximate surface area is 140 Å². The molecule has 3 rings (SSSR count). The van der Waals surface area contributed by atoms with E-state index < -0.39 is 0 Å². The fourth-order valence-corrected chi connectivity index (χ4v) is 3.81. The van der Waals surface area contributed by atoms with Gasteiger partial charge in [0.15, 0.2) is 5.13 Å². The summed E-state index contributed by atoms with van der Waals surface area (Å²) in [7, 11) is 0. The first-order valence-electron chi connectivity index (χ1n) is 7.06. The topological polar surface area (TPSA) is 54.0 Å². The molecule has 2 N–H and O–H groups in total. The third kappa shape index (κ3) is 3.53. The Hall–Kier alpha value is -1.31. The summed E-state index contributed by atoms with van der Waals surface area (Å²) < 4.78 is 13.5. The van der Waals surface area contributed by atoms with E-state index in [0.29, 0.717) is 16.6 Å². The second-order valence-corrected chi connectivity index (χ2v) is 7.09. The Morgan fingerprint density at radius 2 is 2.18 bits per heavy atom. The first-order chi connectivity index (χ1) is 10.6. The molecule has 0 atom stereocenters. The van der Waals surface area contributed by atoms with Crippen molar-refractivity contribution in [3.8, 4) is 0 Å². The van der Waals surface area contributed by atoms with Gasteiger partial charge in [0.05, 0.1) is 4.47 Å². The number of rotatable bonds is 3. The van der Waals surface area contributed by atoms with Crippen LogP contribution in [0, 0.1) is 5.82 Å². The van der Waals surface area contributed by atoms with E-state index in [9.17, 15) is 9.18 Å². The zero-order valence-electron chi connectivity index (χ0n) is 11.7. The first-order valence-corrected chi connectivity index (χ1v) is 8.67. The van der Waals surface area contributed by atoms with Gasteiger partial charge in [-0.1, -0.05) is 0 Å². The molecule has 22 heavy (non-hydrogen) atoms. The predicted molar refractivity (Wildman–Crippen MR) is 89.0 cm³/mol. The van der Waals surface area contributed by atoms with Crippen molar-refractivity contribution < 1.29 is 9.18 Å². The normalized spacial score (nSPS) is 15.7. The molecule has 1 amide bonds. The Balaban J connectivity index is 1.68. The van der Waals surface area contributed by atoms with Crippen molar-refractivity contribution in [3.63, 3.8) is 0 Å². The highest BCUT2D eigenvalue weighted by Crippen LogP contribution is 2.31. The summed E-state index contributed by atoms with van der Waals surface area (Å²) in [4.78, 5) is 17.6. The molecule has 1 aromatic carbocycles. The van der Waals surface area contributed by atoms with E-state index in [0.717, 1.165) is 25.9 Å². The Morgan fingerprint density at radius 1 is 1.41 bits per heavy atom. The maximum atomic E-state index is 13.2. The molecule has 0 spiro atoms. The van der Waals surface area contributed by atoms with Crippen LogP contribution in [0.25, 0.3) is 0 Å². The maximum Gasteiger partial charge on any atom is 0.257 e. The predicted octanol–water partition coefficient (Wildman–Crippen LogP) is 3.76. The summed E-state index contributed by atoms with van der Waals surface area (Å²) in [5.74, 6) is -0.157. The van der Waals surface area contributed by atoms with Gasteiger partial charge in [0, 0.05) is 16.6 Å². The number of nitrogens with one attached hydrogen (secondary N) is 2. The first kappa shape index (κ1) is 15.6. The summed E-state index contributed by atoms with van der Waals surface area (Å²) in [5, 5.41) is 6.69. The minimum atomic E-state index is -0.390. The lowest BCUT2D eigenvalue weighted by Gasteiger charge is -2.20. The number of piperidine rings is 1. The van der Waals surface area contributed by atoms with Gasteiger partial charge >= 0.3 is 0 Å². The number of anilines is 1. The number of nitrogens with zero attached hydrogens (tertiary/aromatic N) is 1. The van der Waals surface area contributed by atoms with Crippen molar-refractivity contribution in [1.29, 1.82) is 0 Å². The number of halogens is 2. The Morgan fingerprint density at radius 3 is 2.91 bits per heavy atom. The number of carbonyl (C=O) groups is 1. The van der Waals surface area contributed by atoms with Gasteiger partial charge in [-0.15, -0.1) is 11.3 Å². The molecule has 0 unspecified atom stereocenters. The highest BCUT2D eigenvalue weighted by molar-refractivity contribution is 9.10. The number of benzene rings is 1. The number of aromatic nitrogens is 1. The van der Waals surface area contributed by atoms with Crippen LogP contribution in [0.1, 0.15) is 34.0 Å². The van der Waals surface area contributed by atoms with Crippen LogP contribution in [-0.2, 0) is 0 Å². The van der Waals surface area contributed by atoms with Crippen LogP contribution in [0.3, 0.4) is 0 Å². The van der Waals surface area contributed by atoms with Crippen molar-refractivity contribution in [3.05, 3.63) is 45.1 Å². The minimum absolute atomic E-state index is 0.273. The van der Waals surface area contributed by atoms with E-state index in [1.54, 1.807) is 0 Å². The summed E-state index contributed by atoms with van der Waals surface area (Å²) >= 11 is 4.60. The molecule has 1 fully saturated rings. The van der Waals surface area contributed by atoms with Gasteiger partial charge < -0.3 is 5.32 Å². The van der Waals surface area contributed by atoms with Crippen LogP contribution < -0.4 is 10.6 Å². The third-order valence-corrected chi connectivity index (χ3v) is 5.35. The highest BCUT2D eigenvalue weighted by Gasteiger charge is 2.18. The number of hydrogen-bond donors (Lipinski definition) is 2. The van der Waals surface area contributed by atoms with Crippen LogP contribution in [0.15, 0.2) is 28.9 Å². The summed E-state index contributed by atoms with van der Waals surface area (Å²) in [6.07, 6.45) is 4.04. The standard InChI is InChI=1S/C15H15BrFN3OS/c16-11-7-10(1-2-12(11)17)14(21)20-15-19-8-13(22-15)9-3-5-18-6-4-9/h1-2,7-9,18H,3-6H2,(H,19,20,21). The second-order valence-electron chi connectivity index (χ2n) is 5.18. The van der Waals surface area contributed by atoms with Crippen molar-refractivity contribution in [2.45, 2.75) is 18.8 Å². The van der Waals surface area contributed by atoms with Gasteiger partial charge in [-0.05, 0) is 66.0 Å². The molecular weight excluding hydrogens is 369 g/mol. The average molecular weight is 384 g/mol. The number of amides is 1. The zero-order chi connectivity index (χ0) is 15.5. The molecule has 1 aromatic heterocycles. The van der Waals surface area contributed by atoms with E-state index in [1.165, 1.54) is 34.4 Å². The molecule has 1 aliphatic rings. The quantitative estimate of drug-likeness (QED) is 0.847. The smallest absolute Gasteiger partial charge is 0.257 e. The highest BCUT2D eigenvalue weighted by atomic mass is 79.9. The molecule has 2 aromatic rings. The van der Waals surface area contributed by atoms with Crippen LogP contribution in [0.5, 0.6) is 0 Å². The third-order valence-electron chi connectivity index (χ3n) is 3.67. The Bertz CT molecular complexity index is 685. The molecule has 4 nitrogen and oxygen atoms in total. The van der Waals surface area contributed by atoms with E-state index in [4.69, 9.17) is 0 Å². The maximum absolute atomic E-state index is 13.2. The van der Waals surface area contributed by atoms with Crippen molar-refractivity contribution in [1.82, 2.24) is 10.3 Å². The van der Waals surface area contributed by atoms with E-state index in [1.807, 2.05) is 6.20 Å². The molecule has 116 valence electrons.